The average Bonchev–Trinajstić information content (AvgIpc) is 3.03. The average molecular weight is 581 g/mol. The molecule has 3 aromatic rings. The third-order valence-corrected chi connectivity index (χ3v) is 9.43. The summed E-state index contributed by atoms with van der Waals surface area (Å²) in [6, 6.07) is 18.1. The van der Waals surface area contributed by atoms with E-state index in [1.54, 1.807) is 30.3 Å². The summed E-state index contributed by atoms with van der Waals surface area (Å²) in [5, 5.41) is 3.31. The first-order valence-corrected chi connectivity index (χ1v) is 15.7. The van der Waals surface area contributed by atoms with E-state index in [4.69, 9.17) is 15.2 Å². The highest BCUT2D eigenvalue weighted by atomic mass is 16.5. The van der Waals surface area contributed by atoms with E-state index in [-0.39, 0.29) is 40.0 Å². The highest BCUT2D eigenvalue weighted by Crippen LogP contribution is 2.43. The Morgan fingerprint density at radius 1 is 0.860 bits per heavy atom. The third kappa shape index (κ3) is 5.96. The van der Waals surface area contributed by atoms with Gasteiger partial charge in [0, 0.05) is 30.0 Å². The quantitative estimate of drug-likeness (QED) is 0.125. The number of anilines is 2. The number of hydrogen-bond donors (Lipinski definition) is 2. The van der Waals surface area contributed by atoms with Crippen molar-refractivity contribution in [3.8, 4) is 0 Å². The van der Waals surface area contributed by atoms with E-state index < -0.39 is 5.97 Å². The van der Waals surface area contributed by atoms with Crippen LogP contribution in [0.25, 0.3) is 0 Å². The van der Waals surface area contributed by atoms with E-state index in [0.29, 0.717) is 41.3 Å². The number of carbonyl (C=O) groups excluding carboxylic acids is 3. The summed E-state index contributed by atoms with van der Waals surface area (Å²) < 4.78 is 12.2. The molecule has 0 aliphatic heterocycles. The highest BCUT2D eigenvalue weighted by Gasteiger charge is 2.39. The number of esters is 1. The van der Waals surface area contributed by atoms with Gasteiger partial charge in [0.1, 0.15) is 6.10 Å². The third-order valence-electron chi connectivity index (χ3n) is 9.43. The number of ether oxygens (including phenoxy) is 2. The minimum absolute atomic E-state index is 0.00321. The number of nitrogens with one attached hydrogen (secondary N) is 1. The Balaban J connectivity index is 1.23. The van der Waals surface area contributed by atoms with Gasteiger partial charge in [0.05, 0.1) is 28.5 Å². The summed E-state index contributed by atoms with van der Waals surface area (Å²) in [6.07, 6.45) is 8.22. The Morgan fingerprint density at radius 2 is 1.49 bits per heavy atom. The van der Waals surface area contributed by atoms with Gasteiger partial charge in [-0.2, -0.15) is 0 Å². The molecular formula is C36H40N2O5. The summed E-state index contributed by atoms with van der Waals surface area (Å²) in [5.41, 5.74) is 8.95. The smallest absolute Gasteiger partial charge is 0.340 e. The van der Waals surface area contributed by atoms with Gasteiger partial charge >= 0.3 is 5.97 Å². The van der Waals surface area contributed by atoms with Gasteiger partial charge in [-0.1, -0.05) is 67.9 Å². The number of hydrogen-bond acceptors (Lipinski definition) is 7. The SMILES string of the molecule is CCCCOC1CCC2C[C@H](OC(=O)c3cc(NCc4ccccc4)c4c(c3N)C(=O)c3ccccc3C4=O)CC[C@@H]2C1. The Bertz CT molecular complexity index is 1520. The molecule has 0 saturated heterocycles. The minimum atomic E-state index is -0.554. The fourth-order valence-electron chi connectivity index (χ4n) is 7.09. The first kappa shape index (κ1) is 29.1. The van der Waals surface area contributed by atoms with E-state index in [9.17, 15) is 14.4 Å². The van der Waals surface area contributed by atoms with Crippen molar-refractivity contribution in [3.05, 3.63) is 94.0 Å². The van der Waals surface area contributed by atoms with Crippen LogP contribution in [0.3, 0.4) is 0 Å². The summed E-state index contributed by atoms with van der Waals surface area (Å²) in [7, 11) is 0. The van der Waals surface area contributed by atoms with Crippen LogP contribution in [0.4, 0.5) is 11.4 Å². The normalized spacial score (nSPS) is 22.7. The van der Waals surface area contributed by atoms with Crippen molar-refractivity contribution < 1.29 is 23.9 Å². The molecule has 2 saturated carbocycles. The first-order valence-electron chi connectivity index (χ1n) is 15.7. The van der Waals surface area contributed by atoms with Crippen molar-refractivity contribution in [2.75, 3.05) is 17.7 Å². The summed E-state index contributed by atoms with van der Waals surface area (Å²) in [4.78, 5) is 41.1. The van der Waals surface area contributed by atoms with E-state index in [1.807, 2.05) is 30.3 Å². The fraction of sp³-hybridized carbons (Fsp3) is 0.417. The van der Waals surface area contributed by atoms with Crippen molar-refractivity contribution >= 4 is 28.9 Å². The lowest BCUT2D eigenvalue weighted by molar-refractivity contribution is -0.0404. The van der Waals surface area contributed by atoms with Gasteiger partial charge in [0.15, 0.2) is 11.6 Å². The zero-order chi connectivity index (χ0) is 29.9. The zero-order valence-electron chi connectivity index (χ0n) is 24.8. The molecule has 3 N–H and O–H groups in total. The molecular weight excluding hydrogens is 540 g/mol. The van der Waals surface area contributed by atoms with Crippen molar-refractivity contribution in [3.63, 3.8) is 0 Å². The lowest BCUT2D eigenvalue weighted by atomic mass is 9.69. The van der Waals surface area contributed by atoms with Crippen molar-refractivity contribution in [1.29, 1.82) is 0 Å². The number of unbranched alkanes of at least 4 members (excludes halogenated alkanes) is 1. The van der Waals surface area contributed by atoms with Crippen molar-refractivity contribution in [2.45, 2.75) is 77.0 Å². The number of rotatable bonds is 9. The van der Waals surface area contributed by atoms with Crippen molar-refractivity contribution in [2.24, 2.45) is 11.8 Å². The predicted molar refractivity (Wildman–Crippen MR) is 166 cm³/mol. The Kier molecular flexibility index (Phi) is 8.61. The maximum absolute atomic E-state index is 13.7. The lowest BCUT2D eigenvalue weighted by Crippen LogP contribution is -2.37. The second-order valence-corrected chi connectivity index (χ2v) is 12.2. The summed E-state index contributed by atoms with van der Waals surface area (Å²) in [5.74, 6) is -0.0976. The number of nitrogen functional groups attached to an aromatic ring is 1. The largest absolute Gasteiger partial charge is 0.459 e. The zero-order valence-corrected chi connectivity index (χ0v) is 24.8. The Labute approximate surface area is 253 Å². The molecule has 7 heteroatoms. The molecule has 3 aliphatic carbocycles. The van der Waals surface area contributed by atoms with Gasteiger partial charge in [-0.15, -0.1) is 0 Å². The monoisotopic (exact) mass is 580 g/mol. The molecule has 0 bridgehead atoms. The van der Waals surface area contributed by atoms with Gasteiger partial charge in [-0.3, -0.25) is 9.59 Å². The van der Waals surface area contributed by atoms with Gasteiger partial charge in [-0.05, 0) is 68.4 Å². The topological polar surface area (TPSA) is 108 Å². The molecule has 0 aromatic heterocycles. The van der Waals surface area contributed by atoms with Crippen LogP contribution in [0.5, 0.6) is 0 Å². The first-order chi connectivity index (χ1) is 20.9. The van der Waals surface area contributed by atoms with Crippen molar-refractivity contribution in [1.82, 2.24) is 0 Å². The summed E-state index contributed by atoms with van der Waals surface area (Å²) in [6.45, 7) is 3.42. The Morgan fingerprint density at radius 3 is 2.19 bits per heavy atom. The van der Waals surface area contributed by atoms with Crippen LogP contribution >= 0.6 is 0 Å². The second kappa shape index (κ2) is 12.7. The molecule has 0 heterocycles. The standard InChI is InChI=1S/C36H40N2O5/c1-2-3-17-42-25-15-13-24-19-26(16-14-23(24)18-25)43-36(41)29-20-30(38-21-22-9-5-4-6-10-22)31-32(33(29)37)35(40)28-12-8-7-11-27(28)34(31)39/h4-12,20,23-26,38H,2-3,13-19,21,37H2,1H3/t23-,24?,25?,26-/m1/s1. The van der Waals surface area contributed by atoms with Crippen LogP contribution in [0.2, 0.25) is 0 Å². The lowest BCUT2D eigenvalue weighted by Gasteiger charge is -2.41. The molecule has 2 unspecified atom stereocenters. The predicted octanol–water partition coefficient (Wildman–Crippen LogP) is 6.97. The summed E-state index contributed by atoms with van der Waals surface area (Å²) >= 11 is 0. The van der Waals surface area contributed by atoms with Crippen LogP contribution in [-0.2, 0) is 16.0 Å². The van der Waals surface area contributed by atoms with E-state index >= 15 is 0 Å². The molecule has 224 valence electrons. The highest BCUT2D eigenvalue weighted by molar-refractivity contribution is 6.32. The van der Waals surface area contributed by atoms with Gasteiger partial charge < -0.3 is 20.5 Å². The van der Waals surface area contributed by atoms with E-state index in [1.165, 1.54) is 0 Å². The van der Waals surface area contributed by atoms with Crippen LogP contribution in [0.15, 0.2) is 60.7 Å². The molecule has 3 aromatic carbocycles. The van der Waals surface area contributed by atoms with Gasteiger partial charge in [0.2, 0.25) is 0 Å². The number of nitrogens with two attached hydrogens (primary N) is 1. The maximum Gasteiger partial charge on any atom is 0.340 e. The number of benzene rings is 3. The molecule has 3 aliphatic rings. The molecule has 0 radical (unpaired) electrons. The molecule has 0 amide bonds. The molecule has 6 rings (SSSR count). The number of fused-ring (bicyclic) bond motifs is 3. The van der Waals surface area contributed by atoms with E-state index in [2.05, 4.69) is 12.2 Å². The Hall–Kier alpha value is -3.97. The van der Waals surface area contributed by atoms with Crippen LogP contribution in [-0.4, -0.2) is 36.4 Å². The molecule has 2 fully saturated rings. The van der Waals surface area contributed by atoms with E-state index in [0.717, 1.165) is 63.5 Å². The molecule has 43 heavy (non-hydrogen) atoms. The number of carbonyl (C=O) groups is 3. The van der Waals surface area contributed by atoms with Gasteiger partial charge in [-0.25, -0.2) is 4.79 Å². The fourth-order valence-corrected chi connectivity index (χ4v) is 7.09. The molecule has 7 nitrogen and oxygen atoms in total. The van der Waals surface area contributed by atoms with Crippen LogP contribution in [0, 0.1) is 11.8 Å². The second-order valence-electron chi connectivity index (χ2n) is 12.2. The van der Waals surface area contributed by atoms with Gasteiger partial charge in [0.25, 0.3) is 0 Å². The van der Waals surface area contributed by atoms with Crippen LogP contribution in [0.1, 0.15) is 106 Å². The maximum atomic E-state index is 13.7. The number of ketones is 2. The minimum Gasteiger partial charge on any atom is -0.459 e. The molecule has 4 atom stereocenters. The molecule has 0 spiro atoms. The van der Waals surface area contributed by atoms with Crippen LogP contribution < -0.4 is 11.1 Å².